The lowest BCUT2D eigenvalue weighted by Gasteiger charge is -2.36. The van der Waals surface area contributed by atoms with Crippen molar-refractivity contribution in [3.8, 4) is 0 Å². The number of nitrogens with one attached hydrogen (secondary N) is 1. The fraction of sp³-hybridized carbons (Fsp3) is 0.429. The maximum atomic E-state index is 14.0. The average Bonchev–Trinajstić information content (AvgIpc) is 2.68. The first-order valence-corrected chi connectivity index (χ1v) is 9.53. The number of anilines is 2. The number of nitrogens with zero attached hydrogens (tertiary/aromatic N) is 3. The summed E-state index contributed by atoms with van der Waals surface area (Å²) in [5.41, 5.74) is 1.24. The molecule has 2 aromatic rings. The van der Waals surface area contributed by atoms with Gasteiger partial charge in [0.2, 0.25) is 0 Å². The summed E-state index contributed by atoms with van der Waals surface area (Å²) in [6, 6.07) is 10.3. The minimum atomic E-state index is -0.219. The van der Waals surface area contributed by atoms with E-state index in [1.807, 2.05) is 21.9 Å². The van der Waals surface area contributed by atoms with Gasteiger partial charge in [0.05, 0.1) is 5.69 Å². The molecule has 0 unspecified atom stereocenters. The van der Waals surface area contributed by atoms with Crippen molar-refractivity contribution in [2.45, 2.75) is 20.3 Å². The molecular formula is C21H27FN4O. The number of benzene rings is 1. The lowest BCUT2D eigenvalue weighted by molar-refractivity contribution is 0.0746. The molecule has 1 aliphatic heterocycles. The van der Waals surface area contributed by atoms with Crippen LogP contribution in [0.4, 0.5) is 15.9 Å². The molecule has 5 nitrogen and oxygen atoms in total. The largest absolute Gasteiger partial charge is 0.370 e. The number of halogens is 1. The molecule has 0 aliphatic carbocycles. The molecule has 0 spiro atoms. The summed E-state index contributed by atoms with van der Waals surface area (Å²) in [5, 5.41) is 3.28. The van der Waals surface area contributed by atoms with Gasteiger partial charge in [-0.25, -0.2) is 9.37 Å². The van der Waals surface area contributed by atoms with Gasteiger partial charge in [-0.3, -0.25) is 4.79 Å². The van der Waals surface area contributed by atoms with Gasteiger partial charge in [0.15, 0.2) is 0 Å². The van der Waals surface area contributed by atoms with Gasteiger partial charge >= 0.3 is 0 Å². The van der Waals surface area contributed by atoms with Crippen molar-refractivity contribution in [2.24, 2.45) is 5.92 Å². The van der Waals surface area contributed by atoms with Crippen LogP contribution in [0.15, 0.2) is 42.6 Å². The number of hydrogen-bond donors (Lipinski definition) is 1. The van der Waals surface area contributed by atoms with Gasteiger partial charge in [-0.1, -0.05) is 26.0 Å². The fourth-order valence-electron chi connectivity index (χ4n) is 3.19. The number of piperazine rings is 1. The molecule has 6 heteroatoms. The van der Waals surface area contributed by atoms with Gasteiger partial charge in [0, 0.05) is 44.5 Å². The van der Waals surface area contributed by atoms with E-state index in [0.29, 0.717) is 43.3 Å². The summed E-state index contributed by atoms with van der Waals surface area (Å²) in [6.07, 6.45) is 2.72. The molecule has 1 N–H and O–H groups in total. The van der Waals surface area contributed by atoms with Crippen LogP contribution in [0.3, 0.4) is 0 Å². The Morgan fingerprint density at radius 3 is 2.63 bits per heavy atom. The Labute approximate surface area is 160 Å². The van der Waals surface area contributed by atoms with Crippen LogP contribution in [-0.2, 0) is 0 Å². The summed E-state index contributed by atoms with van der Waals surface area (Å²) in [5.74, 6) is 1.13. The molecule has 0 bridgehead atoms. The van der Waals surface area contributed by atoms with Crippen molar-refractivity contribution >= 4 is 17.4 Å². The first-order chi connectivity index (χ1) is 13.0. The maximum Gasteiger partial charge on any atom is 0.254 e. The normalized spacial score (nSPS) is 14.5. The molecule has 0 atom stereocenters. The molecule has 2 heterocycles. The Morgan fingerprint density at radius 1 is 1.19 bits per heavy atom. The van der Waals surface area contributed by atoms with E-state index in [9.17, 15) is 9.18 Å². The summed E-state index contributed by atoms with van der Waals surface area (Å²) in [6.45, 7) is 7.58. The van der Waals surface area contributed by atoms with Gasteiger partial charge in [-0.15, -0.1) is 0 Å². The third kappa shape index (κ3) is 4.96. The molecular weight excluding hydrogens is 343 g/mol. The molecule has 1 amide bonds. The monoisotopic (exact) mass is 370 g/mol. The zero-order valence-electron chi connectivity index (χ0n) is 16.0. The first-order valence-electron chi connectivity index (χ1n) is 9.53. The SMILES string of the molecule is CC(C)CCNc1cc(C(=O)N2CCN(c3ccccc3F)CC2)ccn1. The Kier molecular flexibility index (Phi) is 6.27. The number of para-hydroxylation sites is 1. The molecule has 3 rings (SSSR count). The van der Waals surface area contributed by atoms with E-state index in [4.69, 9.17) is 0 Å². The molecule has 0 saturated carbocycles. The second-order valence-electron chi connectivity index (χ2n) is 7.27. The molecule has 144 valence electrons. The zero-order valence-corrected chi connectivity index (χ0v) is 16.0. The fourth-order valence-corrected chi connectivity index (χ4v) is 3.19. The minimum Gasteiger partial charge on any atom is -0.370 e. The number of rotatable bonds is 6. The topological polar surface area (TPSA) is 48.5 Å². The van der Waals surface area contributed by atoms with Crippen LogP contribution in [0.2, 0.25) is 0 Å². The summed E-state index contributed by atoms with van der Waals surface area (Å²) in [4.78, 5) is 20.9. The van der Waals surface area contributed by atoms with E-state index in [0.717, 1.165) is 18.8 Å². The van der Waals surface area contributed by atoms with Crippen LogP contribution in [0.5, 0.6) is 0 Å². The quantitative estimate of drug-likeness (QED) is 0.843. The second-order valence-corrected chi connectivity index (χ2v) is 7.27. The van der Waals surface area contributed by atoms with Crippen molar-refractivity contribution in [2.75, 3.05) is 42.9 Å². The smallest absolute Gasteiger partial charge is 0.254 e. The van der Waals surface area contributed by atoms with Crippen LogP contribution < -0.4 is 10.2 Å². The number of carbonyl (C=O) groups excluding carboxylic acids is 1. The van der Waals surface area contributed by atoms with Gasteiger partial charge in [-0.05, 0) is 36.6 Å². The Hall–Kier alpha value is -2.63. The van der Waals surface area contributed by atoms with Crippen molar-refractivity contribution in [3.05, 3.63) is 54.0 Å². The lowest BCUT2D eigenvalue weighted by atomic mass is 10.1. The Bertz CT molecular complexity index is 772. The van der Waals surface area contributed by atoms with Gasteiger partial charge in [-0.2, -0.15) is 0 Å². The maximum absolute atomic E-state index is 14.0. The highest BCUT2D eigenvalue weighted by atomic mass is 19.1. The highest BCUT2D eigenvalue weighted by Gasteiger charge is 2.23. The second kappa shape index (κ2) is 8.84. The molecule has 1 saturated heterocycles. The first kappa shape index (κ1) is 19.1. The van der Waals surface area contributed by atoms with Crippen molar-refractivity contribution in [3.63, 3.8) is 0 Å². The number of pyridine rings is 1. The van der Waals surface area contributed by atoms with E-state index < -0.39 is 0 Å². The summed E-state index contributed by atoms with van der Waals surface area (Å²) < 4.78 is 14.0. The van der Waals surface area contributed by atoms with E-state index in [-0.39, 0.29) is 11.7 Å². The van der Waals surface area contributed by atoms with Crippen LogP contribution in [0, 0.1) is 11.7 Å². The van der Waals surface area contributed by atoms with Crippen molar-refractivity contribution < 1.29 is 9.18 Å². The van der Waals surface area contributed by atoms with E-state index in [1.165, 1.54) is 6.07 Å². The highest BCUT2D eigenvalue weighted by molar-refractivity contribution is 5.95. The van der Waals surface area contributed by atoms with E-state index >= 15 is 0 Å². The summed E-state index contributed by atoms with van der Waals surface area (Å²) in [7, 11) is 0. The third-order valence-electron chi connectivity index (χ3n) is 4.79. The third-order valence-corrected chi connectivity index (χ3v) is 4.79. The van der Waals surface area contributed by atoms with E-state index in [2.05, 4.69) is 24.1 Å². The average molecular weight is 370 g/mol. The van der Waals surface area contributed by atoms with Gasteiger partial charge in [0.1, 0.15) is 11.6 Å². The van der Waals surface area contributed by atoms with Crippen LogP contribution in [0.1, 0.15) is 30.6 Å². The zero-order chi connectivity index (χ0) is 19.2. The molecule has 0 radical (unpaired) electrons. The highest BCUT2D eigenvalue weighted by Crippen LogP contribution is 2.21. The molecule has 27 heavy (non-hydrogen) atoms. The van der Waals surface area contributed by atoms with Crippen LogP contribution >= 0.6 is 0 Å². The minimum absolute atomic E-state index is 0.00232. The lowest BCUT2D eigenvalue weighted by Crippen LogP contribution is -2.49. The number of carbonyl (C=O) groups is 1. The molecule has 1 fully saturated rings. The molecule has 1 aromatic heterocycles. The summed E-state index contributed by atoms with van der Waals surface area (Å²) >= 11 is 0. The van der Waals surface area contributed by atoms with Crippen LogP contribution in [0.25, 0.3) is 0 Å². The predicted octanol–water partition coefficient (Wildman–Crippen LogP) is 3.64. The van der Waals surface area contributed by atoms with Gasteiger partial charge < -0.3 is 15.1 Å². The van der Waals surface area contributed by atoms with Crippen molar-refractivity contribution in [1.82, 2.24) is 9.88 Å². The number of hydrogen-bond acceptors (Lipinski definition) is 4. The predicted molar refractivity (Wildman–Crippen MR) is 107 cm³/mol. The van der Waals surface area contributed by atoms with Gasteiger partial charge in [0.25, 0.3) is 5.91 Å². The van der Waals surface area contributed by atoms with E-state index in [1.54, 1.807) is 24.4 Å². The Morgan fingerprint density at radius 2 is 1.93 bits per heavy atom. The number of aromatic nitrogens is 1. The Balaban J connectivity index is 1.58. The standard InChI is InChI=1S/C21H27FN4O/c1-16(2)7-9-23-20-15-17(8-10-24-20)21(27)26-13-11-25(12-14-26)19-6-4-3-5-18(19)22/h3-6,8,10,15-16H,7,9,11-14H2,1-2H3,(H,23,24). The van der Waals surface area contributed by atoms with Crippen LogP contribution in [-0.4, -0.2) is 48.5 Å². The number of amides is 1. The molecule has 1 aliphatic rings. The molecule has 1 aromatic carbocycles. The van der Waals surface area contributed by atoms with Crippen molar-refractivity contribution in [1.29, 1.82) is 0 Å².